The van der Waals surface area contributed by atoms with Crippen LogP contribution in [0.1, 0.15) is 11.1 Å². The Morgan fingerprint density at radius 2 is 1.83 bits per heavy atom. The second kappa shape index (κ2) is 6.21. The molecule has 0 bridgehead atoms. The van der Waals surface area contributed by atoms with Crippen LogP contribution in [0.25, 0.3) is 0 Å². The molecule has 3 heteroatoms. The largest absolute Gasteiger partial charge is 0.492 e. The van der Waals surface area contributed by atoms with Crippen LogP contribution in [0.15, 0.2) is 18.2 Å². The van der Waals surface area contributed by atoms with Crippen LogP contribution >= 0.6 is 0 Å². The molecule has 2 rings (SSSR count). The number of ether oxygens (including phenoxy) is 1. The molecule has 0 saturated carbocycles. The van der Waals surface area contributed by atoms with Crippen LogP contribution in [0.3, 0.4) is 0 Å². The van der Waals surface area contributed by atoms with Gasteiger partial charge in [-0.25, -0.2) is 0 Å². The monoisotopic (exact) mass is 248 g/mol. The molecule has 1 aromatic rings. The fraction of sp³-hybridized carbons (Fsp3) is 0.600. The van der Waals surface area contributed by atoms with Crippen molar-refractivity contribution >= 4 is 0 Å². The zero-order chi connectivity index (χ0) is 13.0. The van der Waals surface area contributed by atoms with Crippen LogP contribution in [-0.2, 0) is 0 Å². The normalized spacial score (nSPS) is 17.9. The first-order chi connectivity index (χ1) is 8.65. The molecular formula is C15H24N2O. The van der Waals surface area contributed by atoms with E-state index >= 15 is 0 Å². The molecule has 0 N–H and O–H groups in total. The van der Waals surface area contributed by atoms with Crippen LogP contribution in [0.2, 0.25) is 0 Å². The third kappa shape index (κ3) is 3.72. The van der Waals surface area contributed by atoms with Crippen LogP contribution in [-0.4, -0.2) is 56.2 Å². The maximum atomic E-state index is 5.87. The molecule has 0 radical (unpaired) electrons. The van der Waals surface area contributed by atoms with E-state index in [4.69, 9.17) is 4.74 Å². The predicted octanol–water partition coefficient (Wildman–Crippen LogP) is 1.93. The van der Waals surface area contributed by atoms with Crippen LogP contribution < -0.4 is 4.74 Å². The highest BCUT2D eigenvalue weighted by atomic mass is 16.5. The Kier molecular flexibility index (Phi) is 4.61. The van der Waals surface area contributed by atoms with Gasteiger partial charge in [0.25, 0.3) is 0 Å². The van der Waals surface area contributed by atoms with Gasteiger partial charge in [0.15, 0.2) is 0 Å². The van der Waals surface area contributed by atoms with Gasteiger partial charge < -0.3 is 9.64 Å². The van der Waals surface area contributed by atoms with E-state index in [2.05, 4.69) is 48.9 Å². The van der Waals surface area contributed by atoms with Gasteiger partial charge in [0, 0.05) is 32.7 Å². The van der Waals surface area contributed by atoms with E-state index in [9.17, 15) is 0 Å². The average Bonchev–Trinajstić information content (AvgIpc) is 2.34. The SMILES string of the molecule is Cc1ccc(OCCN2CCN(C)CC2)c(C)c1. The molecule has 1 aromatic carbocycles. The summed E-state index contributed by atoms with van der Waals surface area (Å²) in [5, 5.41) is 0. The summed E-state index contributed by atoms with van der Waals surface area (Å²) >= 11 is 0. The first-order valence-electron chi connectivity index (χ1n) is 6.76. The molecule has 18 heavy (non-hydrogen) atoms. The lowest BCUT2D eigenvalue weighted by Crippen LogP contribution is -2.45. The first-order valence-corrected chi connectivity index (χ1v) is 6.76. The second-order valence-corrected chi connectivity index (χ2v) is 5.26. The fourth-order valence-electron chi connectivity index (χ4n) is 2.32. The third-order valence-electron chi connectivity index (χ3n) is 3.59. The van der Waals surface area contributed by atoms with Crippen molar-refractivity contribution in [3.63, 3.8) is 0 Å². The maximum absolute atomic E-state index is 5.87. The van der Waals surface area contributed by atoms with E-state index in [1.54, 1.807) is 0 Å². The van der Waals surface area contributed by atoms with Crippen molar-refractivity contribution in [1.82, 2.24) is 9.80 Å². The van der Waals surface area contributed by atoms with E-state index in [0.717, 1.165) is 32.0 Å². The number of hydrogen-bond donors (Lipinski definition) is 0. The molecule has 3 nitrogen and oxygen atoms in total. The van der Waals surface area contributed by atoms with Crippen molar-refractivity contribution in [3.05, 3.63) is 29.3 Å². The van der Waals surface area contributed by atoms with Crippen molar-refractivity contribution in [1.29, 1.82) is 0 Å². The minimum absolute atomic E-state index is 0.785. The molecule has 0 amide bonds. The number of nitrogens with zero attached hydrogens (tertiary/aromatic N) is 2. The van der Waals surface area contributed by atoms with Gasteiger partial charge in [-0.1, -0.05) is 17.7 Å². The molecule has 1 saturated heterocycles. The lowest BCUT2D eigenvalue weighted by molar-refractivity contribution is 0.133. The van der Waals surface area contributed by atoms with Gasteiger partial charge in [-0.05, 0) is 32.5 Å². The smallest absolute Gasteiger partial charge is 0.122 e. The Labute approximate surface area is 110 Å². The molecule has 0 unspecified atom stereocenters. The Hall–Kier alpha value is -1.06. The summed E-state index contributed by atoms with van der Waals surface area (Å²) in [7, 11) is 2.18. The van der Waals surface area contributed by atoms with Crippen molar-refractivity contribution in [2.24, 2.45) is 0 Å². The van der Waals surface area contributed by atoms with Gasteiger partial charge in [0.05, 0.1) is 0 Å². The van der Waals surface area contributed by atoms with Gasteiger partial charge in [-0.3, -0.25) is 4.90 Å². The highest BCUT2D eigenvalue weighted by Crippen LogP contribution is 2.18. The van der Waals surface area contributed by atoms with Crippen LogP contribution in [0, 0.1) is 13.8 Å². The van der Waals surface area contributed by atoms with Crippen molar-refractivity contribution in [2.75, 3.05) is 46.4 Å². The summed E-state index contributed by atoms with van der Waals surface area (Å²) in [5.41, 5.74) is 2.52. The number of hydrogen-bond acceptors (Lipinski definition) is 3. The van der Waals surface area contributed by atoms with Crippen LogP contribution in [0.5, 0.6) is 5.75 Å². The first kappa shape index (κ1) is 13.4. The number of benzene rings is 1. The number of rotatable bonds is 4. The molecule has 1 heterocycles. The molecule has 100 valence electrons. The predicted molar refractivity (Wildman–Crippen MR) is 75.3 cm³/mol. The lowest BCUT2D eigenvalue weighted by atomic mass is 10.1. The second-order valence-electron chi connectivity index (χ2n) is 5.26. The molecule has 1 aliphatic heterocycles. The van der Waals surface area contributed by atoms with Crippen LogP contribution in [0.4, 0.5) is 0 Å². The maximum Gasteiger partial charge on any atom is 0.122 e. The van der Waals surface area contributed by atoms with Crippen molar-refractivity contribution < 1.29 is 4.74 Å². The summed E-state index contributed by atoms with van der Waals surface area (Å²) in [5.74, 6) is 1.02. The Morgan fingerprint density at radius 3 is 2.50 bits per heavy atom. The topological polar surface area (TPSA) is 15.7 Å². The summed E-state index contributed by atoms with van der Waals surface area (Å²) in [6.45, 7) is 10.7. The standard InChI is InChI=1S/C15H24N2O/c1-13-4-5-15(14(2)12-13)18-11-10-17-8-6-16(3)7-9-17/h4-5,12H,6-11H2,1-3H3. The minimum atomic E-state index is 0.785. The van der Waals surface area contributed by atoms with Gasteiger partial charge in [-0.15, -0.1) is 0 Å². The van der Waals surface area contributed by atoms with E-state index in [0.29, 0.717) is 0 Å². The van der Waals surface area contributed by atoms with Gasteiger partial charge in [0.2, 0.25) is 0 Å². The van der Waals surface area contributed by atoms with E-state index in [1.165, 1.54) is 24.2 Å². The summed E-state index contributed by atoms with van der Waals surface area (Å²) < 4.78 is 5.87. The molecule has 0 spiro atoms. The fourth-order valence-corrected chi connectivity index (χ4v) is 2.32. The van der Waals surface area contributed by atoms with Crippen molar-refractivity contribution in [2.45, 2.75) is 13.8 Å². The molecule has 0 atom stereocenters. The highest BCUT2D eigenvalue weighted by molar-refractivity contribution is 5.35. The molecule has 1 fully saturated rings. The number of aryl methyl sites for hydroxylation is 2. The van der Waals surface area contributed by atoms with Gasteiger partial charge in [0.1, 0.15) is 12.4 Å². The zero-order valence-electron chi connectivity index (χ0n) is 11.8. The molecule has 0 aliphatic carbocycles. The number of piperazine rings is 1. The summed E-state index contributed by atoms with van der Waals surface area (Å²) in [6, 6.07) is 6.36. The Morgan fingerprint density at radius 1 is 1.11 bits per heavy atom. The highest BCUT2D eigenvalue weighted by Gasteiger charge is 2.13. The van der Waals surface area contributed by atoms with E-state index in [1.807, 2.05) is 0 Å². The van der Waals surface area contributed by atoms with E-state index < -0.39 is 0 Å². The van der Waals surface area contributed by atoms with Gasteiger partial charge >= 0.3 is 0 Å². The lowest BCUT2D eigenvalue weighted by Gasteiger charge is -2.32. The summed E-state index contributed by atoms with van der Waals surface area (Å²) in [6.07, 6.45) is 0. The summed E-state index contributed by atoms with van der Waals surface area (Å²) in [4.78, 5) is 4.85. The van der Waals surface area contributed by atoms with Crippen molar-refractivity contribution in [3.8, 4) is 5.75 Å². The van der Waals surface area contributed by atoms with E-state index in [-0.39, 0.29) is 0 Å². The minimum Gasteiger partial charge on any atom is -0.492 e. The molecule has 0 aromatic heterocycles. The quantitative estimate of drug-likeness (QED) is 0.810. The average molecular weight is 248 g/mol. The zero-order valence-corrected chi connectivity index (χ0v) is 11.8. The molecular weight excluding hydrogens is 224 g/mol. The molecule has 1 aliphatic rings. The Balaban J connectivity index is 1.75. The Bertz CT molecular complexity index is 384. The third-order valence-corrected chi connectivity index (χ3v) is 3.59. The van der Waals surface area contributed by atoms with Gasteiger partial charge in [-0.2, -0.15) is 0 Å². The number of likely N-dealkylation sites (N-methyl/N-ethyl adjacent to an activating group) is 1.